The Balaban J connectivity index is 2.43. The van der Waals surface area contributed by atoms with Crippen molar-refractivity contribution in [3.63, 3.8) is 0 Å². The van der Waals surface area contributed by atoms with E-state index in [0.29, 0.717) is 6.54 Å². The maximum absolute atomic E-state index is 5.63. The Kier molecular flexibility index (Phi) is 2.64. The van der Waals surface area contributed by atoms with Crippen LogP contribution in [0.3, 0.4) is 0 Å². The number of ether oxygens (including phenoxy) is 1. The highest BCUT2D eigenvalue weighted by atomic mass is 16.5. The van der Waals surface area contributed by atoms with Gasteiger partial charge in [0.05, 0.1) is 7.11 Å². The maximum Gasteiger partial charge on any atom is 0.123 e. The summed E-state index contributed by atoms with van der Waals surface area (Å²) < 4.78 is 7.01. The molecule has 2 N–H and O–H groups in total. The van der Waals surface area contributed by atoms with Crippen LogP contribution in [-0.4, -0.2) is 21.9 Å². The zero-order valence-electron chi connectivity index (χ0n) is 8.42. The normalized spacial score (nSPS) is 10.3. The molecule has 0 amide bonds. The number of benzene rings is 1. The molecule has 5 heteroatoms. The van der Waals surface area contributed by atoms with Gasteiger partial charge >= 0.3 is 0 Å². The van der Waals surface area contributed by atoms with Crippen molar-refractivity contribution < 1.29 is 4.74 Å². The third-order valence-electron chi connectivity index (χ3n) is 2.20. The van der Waals surface area contributed by atoms with Crippen LogP contribution < -0.4 is 10.5 Å². The van der Waals surface area contributed by atoms with E-state index in [1.54, 1.807) is 19.8 Å². The lowest BCUT2D eigenvalue weighted by atomic mass is 10.2. The molecule has 0 bridgehead atoms. The third-order valence-corrected chi connectivity index (χ3v) is 2.20. The Bertz CT molecular complexity index is 439. The SMILES string of the molecule is COc1ccc(-n2cnnc2)cc1CN. The fourth-order valence-corrected chi connectivity index (χ4v) is 1.42. The van der Waals surface area contributed by atoms with Gasteiger partial charge in [0.15, 0.2) is 0 Å². The molecule has 1 aromatic heterocycles. The maximum atomic E-state index is 5.63. The highest BCUT2D eigenvalue weighted by Gasteiger charge is 2.03. The summed E-state index contributed by atoms with van der Waals surface area (Å²) in [6.45, 7) is 0.444. The lowest BCUT2D eigenvalue weighted by Gasteiger charge is -2.08. The van der Waals surface area contributed by atoms with Gasteiger partial charge in [0.2, 0.25) is 0 Å². The smallest absolute Gasteiger partial charge is 0.123 e. The predicted octanol–water partition coefficient (Wildman–Crippen LogP) is 0.735. The van der Waals surface area contributed by atoms with Crippen LogP contribution in [0.4, 0.5) is 0 Å². The number of aromatic nitrogens is 3. The minimum Gasteiger partial charge on any atom is -0.496 e. The Hall–Kier alpha value is -1.88. The molecular weight excluding hydrogens is 192 g/mol. The van der Waals surface area contributed by atoms with Gasteiger partial charge in [-0.3, -0.25) is 4.57 Å². The van der Waals surface area contributed by atoms with Crippen molar-refractivity contribution in [1.29, 1.82) is 0 Å². The highest BCUT2D eigenvalue weighted by molar-refractivity contribution is 5.44. The van der Waals surface area contributed by atoms with Gasteiger partial charge in [0.1, 0.15) is 18.4 Å². The molecule has 0 aliphatic carbocycles. The summed E-state index contributed by atoms with van der Waals surface area (Å²) in [6, 6.07) is 5.78. The Labute approximate surface area is 87.5 Å². The molecule has 0 radical (unpaired) electrons. The van der Waals surface area contributed by atoms with Gasteiger partial charge in [-0.1, -0.05) is 0 Å². The summed E-state index contributed by atoms with van der Waals surface area (Å²) in [5.41, 5.74) is 7.56. The van der Waals surface area contributed by atoms with Crippen molar-refractivity contribution in [2.75, 3.05) is 7.11 Å². The standard InChI is InChI=1S/C10H12N4O/c1-15-10-3-2-9(4-8(10)5-11)14-6-12-13-7-14/h2-4,6-7H,5,11H2,1H3. The molecule has 78 valence electrons. The Morgan fingerprint density at radius 3 is 2.67 bits per heavy atom. The van der Waals surface area contributed by atoms with Crippen LogP contribution in [0.2, 0.25) is 0 Å². The van der Waals surface area contributed by atoms with Crippen molar-refractivity contribution in [3.05, 3.63) is 36.4 Å². The number of methoxy groups -OCH3 is 1. The fraction of sp³-hybridized carbons (Fsp3) is 0.200. The molecule has 2 aromatic rings. The summed E-state index contributed by atoms with van der Waals surface area (Å²) in [4.78, 5) is 0. The number of hydrogen-bond donors (Lipinski definition) is 1. The molecule has 0 saturated carbocycles. The van der Waals surface area contributed by atoms with Crippen molar-refractivity contribution in [2.45, 2.75) is 6.54 Å². The first-order valence-corrected chi connectivity index (χ1v) is 4.57. The molecule has 0 aliphatic rings. The molecule has 2 rings (SSSR count). The summed E-state index contributed by atoms with van der Waals surface area (Å²) in [5, 5.41) is 7.49. The zero-order chi connectivity index (χ0) is 10.7. The number of nitrogens with zero attached hydrogens (tertiary/aromatic N) is 3. The molecule has 0 aliphatic heterocycles. The van der Waals surface area contributed by atoms with E-state index in [0.717, 1.165) is 17.0 Å². The zero-order valence-corrected chi connectivity index (χ0v) is 8.42. The van der Waals surface area contributed by atoms with Gasteiger partial charge < -0.3 is 10.5 Å². The van der Waals surface area contributed by atoms with Crippen molar-refractivity contribution in [1.82, 2.24) is 14.8 Å². The molecule has 0 spiro atoms. The van der Waals surface area contributed by atoms with Crippen LogP contribution in [0.25, 0.3) is 5.69 Å². The van der Waals surface area contributed by atoms with Crippen molar-refractivity contribution >= 4 is 0 Å². The molecule has 0 unspecified atom stereocenters. The summed E-state index contributed by atoms with van der Waals surface area (Å²) in [5.74, 6) is 0.800. The quantitative estimate of drug-likeness (QED) is 0.800. The van der Waals surface area contributed by atoms with Gasteiger partial charge in [-0.2, -0.15) is 0 Å². The molecule has 1 aromatic carbocycles. The Morgan fingerprint density at radius 2 is 2.07 bits per heavy atom. The lowest BCUT2D eigenvalue weighted by molar-refractivity contribution is 0.410. The summed E-state index contributed by atoms with van der Waals surface area (Å²) >= 11 is 0. The van der Waals surface area contributed by atoms with Gasteiger partial charge in [0, 0.05) is 17.8 Å². The van der Waals surface area contributed by atoms with E-state index in [1.165, 1.54) is 0 Å². The molecule has 0 saturated heterocycles. The predicted molar refractivity (Wildman–Crippen MR) is 55.8 cm³/mol. The van der Waals surface area contributed by atoms with E-state index in [-0.39, 0.29) is 0 Å². The van der Waals surface area contributed by atoms with Gasteiger partial charge in [-0.15, -0.1) is 10.2 Å². The summed E-state index contributed by atoms with van der Waals surface area (Å²) in [7, 11) is 1.63. The molecule has 1 heterocycles. The fourth-order valence-electron chi connectivity index (χ4n) is 1.42. The van der Waals surface area contributed by atoms with E-state index in [9.17, 15) is 0 Å². The van der Waals surface area contributed by atoms with Crippen LogP contribution in [0.15, 0.2) is 30.9 Å². The minimum absolute atomic E-state index is 0.444. The Morgan fingerprint density at radius 1 is 1.33 bits per heavy atom. The molecular formula is C10H12N4O. The molecule has 15 heavy (non-hydrogen) atoms. The van der Waals surface area contributed by atoms with Gasteiger partial charge in [0.25, 0.3) is 0 Å². The first-order chi connectivity index (χ1) is 7.35. The number of rotatable bonds is 3. The van der Waals surface area contributed by atoms with E-state index in [1.807, 2.05) is 22.8 Å². The molecule has 0 fully saturated rings. The second-order valence-corrected chi connectivity index (χ2v) is 3.07. The number of hydrogen-bond acceptors (Lipinski definition) is 4. The van der Waals surface area contributed by atoms with Crippen molar-refractivity contribution in [3.8, 4) is 11.4 Å². The topological polar surface area (TPSA) is 66.0 Å². The first kappa shape index (κ1) is 9.67. The first-order valence-electron chi connectivity index (χ1n) is 4.57. The number of nitrogens with two attached hydrogens (primary N) is 1. The van der Waals surface area contributed by atoms with Crippen LogP contribution >= 0.6 is 0 Å². The van der Waals surface area contributed by atoms with Crippen LogP contribution in [-0.2, 0) is 6.54 Å². The van der Waals surface area contributed by atoms with Gasteiger partial charge in [-0.05, 0) is 18.2 Å². The average molecular weight is 204 g/mol. The highest BCUT2D eigenvalue weighted by Crippen LogP contribution is 2.20. The van der Waals surface area contributed by atoms with Crippen molar-refractivity contribution in [2.24, 2.45) is 5.73 Å². The van der Waals surface area contributed by atoms with Crippen LogP contribution in [0.1, 0.15) is 5.56 Å². The molecule has 0 atom stereocenters. The van der Waals surface area contributed by atoms with Crippen LogP contribution in [0, 0.1) is 0 Å². The second kappa shape index (κ2) is 4.10. The largest absolute Gasteiger partial charge is 0.496 e. The van der Waals surface area contributed by atoms with E-state index >= 15 is 0 Å². The van der Waals surface area contributed by atoms with E-state index in [4.69, 9.17) is 10.5 Å². The van der Waals surface area contributed by atoms with E-state index < -0.39 is 0 Å². The molecule has 5 nitrogen and oxygen atoms in total. The second-order valence-electron chi connectivity index (χ2n) is 3.07. The average Bonchev–Trinajstić information content (AvgIpc) is 2.81. The monoisotopic (exact) mass is 204 g/mol. The van der Waals surface area contributed by atoms with Crippen LogP contribution in [0.5, 0.6) is 5.75 Å². The minimum atomic E-state index is 0.444. The third kappa shape index (κ3) is 1.82. The summed E-state index contributed by atoms with van der Waals surface area (Å²) in [6.07, 6.45) is 3.28. The lowest BCUT2D eigenvalue weighted by Crippen LogP contribution is -2.01. The van der Waals surface area contributed by atoms with Gasteiger partial charge in [-0.25, -0.2) is 0 Å². The van der Waals surface area contributed by atoms with E-state index in [2.05, 4.69) is 10.2 Å².